The van der Waals surface area contributed by atoms with E-state index >= 15 is 0 Å². The first-order valence-corrected chi connectivity index (χ1v) is 5.15. The van der Waals surface area contributed by atoms with Crippen LogP contribution < -0.4 is 5.32 Å². The van der Waals surface area contributed by atoms with Gasteiger partial charge in [-0.25, -0.2) is 8.78 Å². The second-order valence-electron chi connectivity index (χ2n) is 3.13. The lowest BCUT2D eigenvalue weighted by atomic mass is 10.2. The third-order valence-electron chi connectivity index (χ3n) is 1.90. The van der Waals surface area contributed by atoms with E-state index in [2.05, 4.69) is 21.2 Å². The van der Waals surface area contributed by atoms with Gasteiger partial charge in [-0.15, -0.1) is 0 Å². The Morgan fingerprint density at radius 2 is 2.14 bits per heavy atom. The van der Waals surface area contributed by atoms with Gasteiger partial charge < -0.3 is 5.32 Å². The highest BCUT2D eigenvalue weighted by Gasteiger charge is 2.12. The summed E-state index contributed by atoms with van der Waals surface area (Å²) < 4.78 is 25.2. The number of benzene rings is 1. The monoisotopic (exact) mass is 263 g/mol. The number of hydrogen-bond donors (Lipinski definition) is 1. The minimum absolute atomic E-state index is 0.463. The van der Waals surface area contributed by atoms with E-state index in [0.717, 1.165) is 10.0 Å². The summed E-state index contributed by atoms with van der Waals surface area (Å²) in [7, 11) is 0. The first-order valence-electron chi connectivity index (χ1n) is 4.35. The maximum Gasteiger partial charge on any atom is 0.253 e. The lowest BCUT2D eigenvalue weighted by Crippen LogP contribution is -2.31. The normalized spacial score (nSPS) is 13.2. The number of hydrogen-bond acceptors (Lipinski definition) is 1. The molecule has 1 unspecified atom stereocenters. The topological polar surface area (TPSA) is 12.0 Å². The van der Waals surface area contributed by atoms with Gasteiger partial charge in [0.15, 0.2) is 0 Å². The predicted molar refractivity (Wildman–Crippen MR) is 56.4 cm³/mol. The van der Waals surface area contributed by atoms with Crippen LogP contribution in [-0.4, -0.2) is 12.5 Å². The van der Waals surface area contributed by atoms with Crippen LogP contribution in [0.3, 0.4) is 0 Å². The zero-order valence-electron chi connectivity index (χ0n) is 7.81. The summed E-state index contributed by atoms with van der Waals surface area (Å²) in [6.07, 6.45) is -2.32. The fraction of sp³-hybridized carbons (Fsp3) is 0.400. The van der Waals surface area contributed by atoms with Gasteiger partial charge in [0.2, 0.25) is 0 Å². The molecule has 0 fully saturated rings. The van der Waals surface area contributed by atoms with Crippen molar-refractivity contribution < 1.29 is 8.78 Å². The lowest BCUT2D eigenvalue weighted by Gasteiger charge is -2.12. The Labute approximate surface area is 90.6 Å². The SMILES string of the molecule is CC(NCc1cccc(Br)c1)C(F)F. The van der Waals surface area contributed by atoms with Crippen molar-refractivity contribution in [3.05, 3.63) is 34.3 Å². The molecule has 0 heterocycles. The van der Waals surface area contributed by atoms with Crippen LogP contribution in [-0.2, 0) is 6.54 Å². The molecular formula is C10H12BrF2N. The van der Waals surface area contributed by atoms with Gasteiger partial charge in [0, 0.05) is 11.0 Å². The summed E-state index contributed by atoms with van der Waals surface area (Å²) in [5, 5.41) is 2.75. The van der Waals surface area contributed by atoms with E-state index in [9.17, 15) is 8.78 Å². The minimum atomic E-state index is -2.32. The molecule has 0 aliphatic carbocycles. The van der Waals surface area contributed by atoms with Gasteiger partial charge in [-0.05, 0) is 24.6 Å². The minimum Gasteiger partial charge on any atom is -0.305 e. The van der Waals surface area contributed by atoms with E-state index in [1.807, 2.05) is 24.3 Å². The van der Waals surface area contributed by atoms with Crippen molar-refractivity contribution in [1.29, 1.82) is 0 Å². The molecule has 0 spiro atoms. The maximum absolute atomic E-state index is 12.1. The molecule has 0 aromatic heterocycles. The fourth-order valence-electron chi connectivity index (χ4n) is 1.01. The number of rotatable bonds is 4. The van der Waals surface area contributed by atoms with Crippen LogP contribution in [0.25, 0.3) is 0 Å². The highest BCUT2D eigenvalue weighted by atomic mass is 79.9. The highest BCUT2D eigenvalue weighted by Crippen LogP contribution is 2.11. The lowest BCUT2D eigenvalue weighted by molar-refractivity contribution is 0.105. The van der Waals surface area contributed by atoms with E-state index in [4.69, 9.17) is 0 Å². The van der Waals surface area contributed by atoms with Gasteiger partial charge in [-0.1, -0.05) is 28.1 Å². The van der Waals surface area contributed by atoms with E-state index in [1.54, 1.807) is 0 Å². The Balaban J connectivity index is 2.45. The van der Waals surface area contributed by atoms with E-state index in [-0.39, 0.29) is 0 Å². The third-order valence-corrected chi connectivity index (χ3v) is 2.39. The largest absolute Gasteiger partial charge is 0.305 e. The Morgan fingerprint density at radius 1 is 1.43 bits per heavy atom. The van der Waals surface area contributed by atoms with Gasteiger partial charge in [0.25, 0.3) is 6.43 Å². The molecular weight excluding hydrogens is 252 g/mol. The van der Waals surface area contributed by atoms with Gasteiger partial charge in [-0.2, -0.15) is 0 Å². The molecule has 78 valence electrons. The molecule has 0 saturated heterocycles. The second-order valence-corrected chi connectivity index (χ2v) is 4.05. The van der Waals surface area contributed by atoms with Crippen molar-refractivity contribution in [2.45, 2.75) is 25.9 Å². The average Bonchev–Trinajstić information content (AvgIpc) is 2.14. The van der Waals surface area contributed by atoms with E-state index in [0.29, 0.717) is 6.54 Å². The number of nitrogens with one attached hydrogen (secondary N) is 1. The Morgan fingerprint density at radius 3 is 2.71 bits per heavy atom. The summed E-state index contributed by atoms with van der Waals surface area (Å²) in [4.78, 5) is 0. The maximum atomic E-state index is 12.1. The van der Waals surface area contributed by atoms with Crippen LogP contribution >= 0.6 is 15.9 Å². The van der Waals surface area contributed by atoms with Crippen molar-refractivity contribution in [1.82, 2.24) is 5.32 Å². The standard InChI is InChI=1S/C10H12BrF2N/c1-7(10(12)13)14-6-8-3-2-4-9(11)5-8/h2-5,7,10,14H,6H2,1H3. The Bertz CT molecular complexity index is 291. The van der Waals surface area contributed by atoms with Crippen molar-refractivity contribution in [2.24, 2.45) is 0 Å². The van der Waals surface area contributed by atoms with Gasteiger partial charge in [0.1, 0.15) is 0 Å². The van der Waals surface area contributed by atoms with Crippen molar-refractivity contribution >= 4 is 15.9 Å². The number of alkyl halides is 2. The van der Waals surface area contributed by atoms with Crippen molar-refractivity contribution in [3.8, 4) is 0 Å². The molecule has 0 aliphatic heterocycles. The summed E-state index contributed by atoms with van der Waals surface area (Å²) in [5.74, 6) is 0. The van der Waals surface area contributed by atoms with Crippen LogP contribution in [0.4, 0.5) is 8.78 Å². The average molecular weight is 264 g/mol. The molecule has 0 radical (unpaired) electrons. The Kier molecular flexibility index (Phi) is 4.48. The van der Waals surface area contributed by atoms with E-state index in [1.165, 1.54) is 6.92 Å². The molecule has 1 aromatic carbocycles. The van der Waals surface area contributed by atoms with Crippen LogP contribution in [0.2, 0.25) is 0 Å². The Hall–Kier alpha value is -0.480. The van der Waals surface area contributed by atoms with E-state index < -0.39 is 12.5 Å². The zero-order valence-corrected chi connectivity index (χ0v) is 9.39. The molecule has 1 rings (SSSR count). The molecule has 0 aliphatic rings. The summed E-state index contributed by atoms with van der Waals surface area (Å²) in [6, 6.07) is 6.82. The third kappa shape index (κ3) is 3.72. The van der Waals surface area contributed by atoms with Crippen LogP contribution in [0.5, 0.6) is 0 Å². The van der Waals surface area contributed by atoms with Crippen LogP contribution in [0.15, 0.2) is 28.7 Å². The van der Waals surface area contributed by atoms with Crippen LogP contribution in [0.1, 0.15) is 12.5 Å². The van der Waals surface area contributed by atoms with Crippen molar-refractivity contribution in [3.63, 3.8) is 0 Å². The molecule has 1 aromatic rings. The first-order chi connectivity index (χ1) is 6.59. The molecule has 0 saturated carbocycles. The zero-order chi connectivity index (χ0) is 10.6. The molecule has 4 heteroatoms. The number of halogens is 3. The smallest absolute Gasteiger partial charge is 0.253 e. The summed E-state index contributed by atoms with van der Waals surface area (Å²) >= 11 is 3.32. The molecule has 1 N–H and O–H groups in total. The summed E-state index contributed by atoms with van der Waals surface area (Å²) in [5.41, 5.74) is 0.992. The van der Waals surface area contributed by atoms with Gasteiger partial charge in [-0.3, -0.25) is 0 Å². The van der Waals surface area contributed by atoms with Crippen molar-refractivity contribution in [2.75, 3.05) is 0 Å². The molecule has 1 nitrogen and oxygen atoms in total. The molecule has 0 amide bonds. The predicted octanol–water partition coefficient (Wildman–Crippen LogP) is 3.19. The molecule has 0 bridgehead atoms. The highest BCUT2D eigenvalue weighted by molar-refractivity contribution is 9.10. The fourth-order valence-corrected chi connectivity index (χ4v) is 1.46. The second kappa shape index (κ2) is 5.41. The van der Waals surface area contributed by atoms with Gasteiger partial charge in [0.05, 0.1) is 6.04 Å². The van der Waals surface area contributed by atoms with Crippen LogP contribution in [0, 0.1) is 0 Å². The molecule has 14 heavy (non-hydrogen) atoms. The first kappa shape index (κ1) is 11.6. The van der Waals surface area contributed by atoms with Gasteiger partial charge >= 0.3 is 0 Å². The summed E-state index contributed by atoms with van der Waals surface area (Å²) in [6.45, 7) is 1.94. The molecule has 1 atom stereocenters. The quantitative estimate of drug-likeness (QED) is 0.880.